The fraction of sp³-hybridized carbons (Fsp3) is 0.133. The number of anilines is 1. The molecule has 2 rings (SSSR count). The quantitative estimate of drug-likeness (QED) is 0.919. The molecule has 0 aliphatic carbocycles. The Bertz CT molecular complexity index is 730. The molecular formula is C15H14ClNO3S. The van der Waals surface area contributed by atoms with E-state index in [0.717, 1.165) is 0 Å². The summed E-state index contributed by atoms with van der Waals surface area (Å²) < 4.78 is 24.1. The van der Waals surface area contributed by atoms with Crippen LogP contribution in [0.15, 0.2) is 59.5 Å². The van der Waals surface area contributed by atoms with Crippen LogP contribution in [0, 0.1) is 0 Å². The van der Waals surface area contributed by atoms with E-state index >= 15 is 0 Å². The predicted molar refractivity (Wildman–Crippen MR) is 83.2 cm³/mol. The summed E-state index contributed by atoms with van der Waals surface area (Å²) in [5.74, 6) is -0.629. The fourth-order valence-corrected chi connectivity index (χ4v) is 3.19. The van der Waals surface area contributed by atoms with Crippen molar-refractivity contribution in [2.24, 2.45) is 0 Å². The molecule has 4 nitrogen and oxygen atoms in total. The molecule has 0 aliphatic heterocycles. The summed E-state index contributed by atoms with van der Waals surface area (Å²) in [5, 5.41) is 3.01. The van der Waals surface area contributed by atoms with Crippen LogP contribution in [0.1, 0.15) is 6.42 Å². The Kier molecular flexibility index (Phi) is 4.98. The van der Waals surface area contributed by atoms with E-state index < -0.39 is 9.84 Å². The van der Waals surface area contributed by atoms with E-state index in [1.54, 1.807) is 42.5 Å². The second-order valence-electron chi connectivity index (χ2n) is 4.41. The largest absolute Gasteiger partial charge is 0.325 e. The number of amides is 1. The van der Waals surface area contributed by atoms with Gasteiger partial charge in [-0.1, -0.05) is 41.9 Å². The third-order valence-electron chi connectivity index (χ3n) is 2.85. The van der Waals surface area contributed by atoms with E-state index in [9.17, 15) is 13.2 Å². The zero-order valence-corrected chi connectivity index (χ0v) is 12.7. The van der Waals surface area contributed by atoms with Crippen LogP contribution >= 0.6 is 11.6 Å². The minimum Gasteiger partial charge on any atom is -0.325 e. The van der Waals surface area contributed by atoms with Crippen LogP contribution < -0.4 is 5.32 Å². The van der Waals surface area contributed by atoms with Crippen LogP contribution in [0.5, 0.6) is 0 Å². The van der Waals surface area contributed by atoms with E-state index in [4.69, 9.17) is 11.6 Å². The van der Waals surface area contributed by atoms with Gasteiger partial charge in [0, 0.05) is 6.42 Å². The first-order chi connectivity index (χ1) is 9.99. The molecule has 0 aromatic heterocycles. The average molecular weight is 324 g/mol. The van der Waals surface area contributed by atoms with Gasteiger partial charge in [0.05, 0.1) is 21.4 Å². The highest BCUT2D eigenvalue weighted by Gasteiger charge is 2.16. The number of nitrogens with one attached hydrogen (secondary N) is 1. The summed E-state index contributed by atoms with van der Waals surface area (Å²) in [6, 6.07) is 14.9. The van der Waals surface area contributed by atoms with Crippen LogP contribution in [-0.4, -0.2) is 20.1 Å². The van der Waals surface area contributed by atoms with Crippen LogP contribution in [0.3, 0.4) is 0 Å². The lowest BCUT2D eigenvalue weighted by atomic mass is 10.3. The highest BCUT2D eigenvalue weighted by atomic mass is 35.5. The van der Waals surface area contributed by atoms with Gasteiger partial charge in [-0.05, 0) is 24.3 Å². The molecule has 2 aromatic rings. The maximum Gasteiger partial charge on any atom is 0.225 e. The third-order valence-corrected chi connectivity index (χ3v) is 4.91. The number of sulfone groups is 1. The Morgan fingerprint density at radius 3 is 2.29 bits per heavy atom. The molecule has 0 unspecified atom stereocenters. The minimum absolute atomic E-state index is 0.123. The second kappa shape index (κ2) is 6.74. The molecule has 110 valence electrons. The first-order valence-corrected chi connectivity index (χ1v) is 8.34. The Balaban J connectivity index is 1.97. The van der Waals surface area contributed by atoms with E-state index in [1.807, 2.05) is 0 Å². The van der Waals surface area contributed by atoms with Gasteiger partial charge in [0.15, 0.2) is 9.84 Å². The highest BCUT2D eigenvalue weighted by molar-refractivity contribution is 7.91. The van der Waals surface area contributed by atoms with Gasteiger partial charge in [0.25, 0.3) is 0 Å². The first-order valence-electron chi connectivity index (χ1n) is 6.31. The monoisotopic (exact) mass is 323 g/mol. The molecule has 0 radical (unpaired) electrons. The van der Waals surface area contributed by atoms with Crippen molar-refractivity contribution in [3.05, 3.63) is 59.6 Å². The summed E-state index contributed by atoms with van der Waals surface area (Å²) in [6.07, 6.45) is -0.123. The van der Waals surface area contributed by atoms with Crippen LogP contribution in [0.2, 0.25) is 5.02 Å². The number of carbonyl (C=O) groups excluding carboxylic acids is 1. The van der Waals surface area contributed by atoms with Crippen molar-refractivity contribution >= 4 is 33.0 Å². The minimum atomic E-state index is -3.45. The van der Waals surface area contributed by atoms with Crippen LogP contribution in [0.4, 0.5) is 5.69 Å². The second-order valence-corrected chi connectivity index (χ2v) is 6.93. The predicted octanol–water partition coefficient (Wildman–Crippen LogP) is 3.14. The molecule has 6 heteroatoms. The van der Waals surface area contributed by atoms with Gasteiger partial charge in [-0.3, -0.25) is 4.79 Å². The average Bonchev–Trinajstić information content (AvgIpc) is 2.49. The topological polar surface area (TPSA) is 63.2 Å². The summed E-state index contributed by atoms with van der Waals surface area (Å²) in [7, 11) is -3.45. The van der Waals surface area contributed by atoms with E-state index in [-0.39, 0.29) is 23.0 Å². The summed E-state index contributed by atoms with van der Waals surface area (Å²) in [4.78, 5) is 12.0. The number of carbonyl (C=O) groups is 1. The first kappa shape index (κ1) is 15.5. The lowest BCUT2D eigenvalue weighted by Gasteiger charge is -2.07. The molecule has 0 spiro atoms. The van der Waals surface area contributed by atoms with Crippen molar-refractivity contribution in [1.82, 2.24) is 0 Å². The Morgan fingerprint density at radius 2 is 1.62 bits per heavy atom. The summed E-state index contributed by atoms with van der Waals surface area (Å²) >= 11 is 5.92. The molecule has 0 aliphatic rings. The molecule has 1 N–H and O–H groups in total. The highest BCUT2D eigenvalue weighted by Crippen LogP contribution is 2.20. The Hall–Kier alpha value is -1.85. The van der Waals surface area contributed by atoms with Crippen molar-refractivity contribution in [3.63, 3.8) is 0 Å². The van der Waals surface area contributed by atoms with Crippen LogP contribution in [-0.2, 0) is 14.6 Å². The molecule has 0 atom stereocenters. The van der Waals surface area contributed by atoms with Crippen molar-refractivity contribution in [1.29, 1.82) is 0 Å². The van der Waals surface area contributed by atoms with E-state index in [1.165, 1.54) is 12.1 Å². The lowest BCUT2D eigenvalue weighted by molar-refractivity contribution is -0.115. The lowest BCUT2D eigenvalue weighted by Crippen LogP contribution is -2.17. The molecule has 0 heterocycles. The zero-order chi connectivity index (χ0) is 15.3. The van der Waals surface area contributed by atoms with Gasteiger partial charge < -0.3 is 5.32 Å². The third kappa shape index (κ3) is 4.31. The van der Waals surface area contributed by atoms with E-state index in [2.05, 4.69) is 5.32 Å². The molecule has 0 saturated heterocycles. The number of rotatable bonds is 5. The molecule has 0 saturated carbocycles. The van der Waals surface area contributed by atoms with Gasteiger partial charge in [-0.25, -0.2) is 8.42 Å². The molecule has 0 bridgehead atoms. The fourth-order valence-electron chi connectivity index (χ4n) is 1.75. The van der Waals surface area contributed by atoms with E-state index in [0.29, 0.717) is 10.7 Å². The summed E-state index contributed by atoms with van der Waals surface area (Å²) in [5.41, 5.74) is 0.473. The number of hydrogen-bond donors (Lipinski definition) is 1. The van der Waals surface area contributed by atoms with Gasteiger partial charge in [-0.2, -0.15) is 0 Å². The molecule has 2 aromatic carbocycles. The molecule has 0 fully saturated rings. The Labute approximate surface area is 128 Å². The number of para-hydroxylation sites is 1. The zero-order valence-electron chi connectivity index (χ0n) is 11.1. The normalized spacial score (nSPS) is 11.1. The van der Waals surface area contributed by atoms with Gasteiger partial charge >= 0.3 is 0 Å². The Morgan fingerprint density at radius 1 is 1.00 bits per heavy atom. The van der Waals surface area contributed by atoms with Crippen molar-refractivity contribution in [3.8, 4) is 0 Å². The number of benzene rings is 2. The van der Waals surface area contributed by atoms with Gasteiger partial charge in [0.2, 0.25) is 5.91 Å². The standard InChI is InChI=1S/C15H14ClNO3S/c16-13-8-4-5-9-14(13)17-15(18)10-11-21(19,20)12-6-2-1-3-7-12/h1-9H,10-11H2,(H,17,18). The maximum atomic E-state index is 12.0. The molecule has 1 amide bonds. The number of halogens is 1. The van der Waals surface area contributed by atoms with Crippen molar-refractivity contribution in [2.75, 3.05) is 11.1 Å². The van der Waals surface area contributed by atoms with Gasteiger partial charge in [-0.15, -0.1) is 0 Å². The van der Waals surface area contributed by atoms with Crippen molar-refractivity contribution < 1.29 is 13.2 Å². The molecular weight excluding hydrogens is 310 g/mol. The van der Waals surface area contributed by atoms with Crippen LogP contribution in [0.25, 0.3) is 0 Å². The number of hydrogen-bond acceptors (Lipinski definition) is 3. The smallest absolute Gasteiger partial charge is 0.225 e. The van der Waals surface area contributed by atoms with Gasteiger partial charge in [0.1, 0.15) is 0 Å². The molecule has 21 heavy (non-hydrogen) atoms. The summed E-state index contributed by atoms with van der Waals surface area (Å²) in [6.45, 7) is 0. The van der Waals surface area contributed by atoms with Crippen molar-refractivity contribution in [2.45, 2.75) is 11.3 Å². The SMILES string of the molecule is O=C(CCS(=O)(=O)c1ccccc1)Nc1ccccc1Cl. The maximum absolute atomic E-state index is 12.0.